The molecule has 0 amide bonds. The summed E-state index contributed by atoms with van der Waals surface area (Å²) in [5.41, 5.74) is 1.25. The van der Waals surface area contributed by atoms with Gasteiger partial charge >= 0.3 is 0 Å². The lowest BCUT2D eigenvalue weighted by molar-refractivity contribution is 0.170. The van der Waals surface area contributed by atoms with E-state index in [1.165, 1.54) is 0 Å². The maximum atomic E-state index is 7.11. The number of rotatable bonds is 4. The van der Waals surface area contributed by atoms with Crippen LogP contribution in [0.4, 0.5) is 11.5 Å². The van der Waals surface area contributed by atoms with Crippen molar-refractivity contribution in [1.29, 1.82) is 0 Å². The van der Waals surface area contributed by atoms with Crippen LogP contribution < -0.4 is 14.4 Å². The molecule has 6 nitrogen and oxygen atoms in total. The van der Waals surface area contributed by atoms with Crippen molar-refractivity contribution in [2.45, 2.75) is 25.9 Å². The zero-order chi connectivity index (χ0) is 17.8. The van der Waals surface area contributed by atoms with E-state index in [1.54, 1.807) is 25.6 Å². The molecule has 3 rings (SSSR count). The first-order chi connectivity index (χ1) is 12.1. The summed E-state index contributed by atoms with van der Waals surface area (Å²) in [6, 6.07) is 3.66. The van der Waals surface area contributed by atoms with Gasteiger partial charge in [0.2, 0.25) is 11.6 Å². The molecular formula is C18H19ClN4O2. The molecule has 0 aliphatic carbocycles. The van der Waals surface area contributed by atoms with Crippen LogP contribution in [0.2, 0.25) is 5.02 Å². The second-order valence-electron chi connectivity index (χ2n) is 5.86. The summed E-state index contributed by atoms with van der Waals surface area (Å²) in [6.45, 7) is 10.7. The number of halogens is 1. The lowest BCUT2D eigenvalue weighted by atomic mass is 10.1. The Morgan fingerprint density at radius 3 is 2.60 bits per heavy atom. The largest absolute Gasteiger partial charge is 0.489 e. The lowest BCUT2D eigenvalue weighted by Crippen LogP contribution is -2.39. The summed E-state index contributed by atoms with van der Waals surface area (Å²) in [5, 5.41) is 0.489. The molecule has 0 aromatic carbocycles. The minimum Gasteiger partial charge on any atom is -0.489 e. The molecule has 130 valence electrons. The number of hydrogen-bond donors (Lipinski definition) is 0. The molecule has 1 aliphatic rings. The minimum absolute atomic E-state index is 0.143. The number of nitrogens with zero attached hydrogens (tertiary/aromatic N) is 4. The Labute approximate surface area is 152 Å². The Bertz CT molecular complexity index is 781. The topological polar surface area (TPSA) is 51.8 Å². The van der Waals surface area contributed by atoms with Crippen molar-refractivity contribution < 1.29 is 9.47 Å². The van der Waals surface area contributed by atoms with E-state index < -0.39 is 0 Å². The second-order valence-corrected chi connectivity index (χ2v) is 6.24. The normalized spacial score (nSPS) is 14.9. The van der Waals surface area contributed by atoms with Crippen LogP contribution in [0, 0.1) is 13.5 Å². The minimum atomic E-state index is 0.143. The highest BCUT2D eigenvalue weighted by molar-refractivity contribution is 6.34. The van der Waals surface area contributed by atoms with Crippen molar-refractivity contribution in [3.05, 3.63) is 46.5 Å². The molecule has 0 spiro atoms. The first kappa shape index (κ1) is 17.3. The molecule has 25 heavy (non-hydrogen) atoms. The predicted molar refractivity (Wildman–Crippen MR) is 96.9 cm³/mol. The van der Waals surface area contributed by atoms with E-state index >= 15 is 0 Å². The van der Waals surface area contributed by atoms with Gasteiger partial charge in [-0.05, 0) is 18.6 Å². The summed E-state index contributed by atoms with van der Waals surface area (Å²) in [7, 11) is 1.59. The lowest BCUT2D eigenvalue weighted by Gasteiger charge is -2.33. The van der Waals surface area contributed by atoms with Gasteiger partial charge in [-0.1, -0.05) is 11.6 Å². The molecule has 3 heterocycles. The summed E-state index contributed by atoms with van der Waals surface area (Å²) in [5.74, 6) is 2.17. The standard InChI is InChI=1S/C18H19ClN4O2/c1-12-17(19)15(20-2)11-22-18(12)23-8-6-13(7-9-23)25-14-4-5-16(24-3)21-10-14/h4-5,10-11,13H,6-9H2,1,3H3. The molecule has 1 saturated heterocycles. The van der Waals surface area contributed by atoms with Crippen LogP contribution in [0.1, 0.15) is 18.4 Å². The van der Waals surface area contributed by atoms with Crippen molar-refractivity contribution in [1.82, 2.24) is 9.97 Å². The van der Waals surface area contributed by atoms with E-state index in [0.29, 0.717) is 16.6 Å². The highest BCUT2D eigenvalue weighted by Crippen LogP contribution is 2.34. The van der Waals surface area contributed by atoms with Crippen LogP contribution in [-0.4, -0.2) is 36.3 Å². The molecule has 7 heteroatoms. The van der Waals surface area contributed by atoms with E-state index in [0.717, 1.165) is 43.1 Å². The predicted octanol–water partition coefficient (Wildman–Crippen LogP) is 4.05. The number of methoxy groups -OCH3 is 1. The molecule has 2 aromatic heterocycles. The molecule has 0 radical (unpaired) electrons. The van der Waals surface area contributed by atoms with Crippen molar-refractivity contribution in [3.63, 3.8) is 0 Å². The van der Waals surface area contributed by atoms with Crippen LogP contribution in [-0.2, 0) is 0 Å². The maximum Gasteiger partial charge on any atom is 0.223 e. The van der Waals surface area contributed by atoms with Crippen LogP contribution in [0.5, 0.6) is 11.6 Å². The molecule has 2 aromatic rings. The van der Waals surface area contributed by atoms with Gasteiger partial charge in [-0.2, -0.15) is 0 Å². The van der Waals surface area contributed by atoms with E-state index in [2.05, 4.69) is 19.7 Å². The Kier molecular flexibility index (Phi) is 5.25. The highest BCUT2D eigenvalue weighted by atomic mass is 35.5. The first-order valence-electron chi connectivity index (χ1n) is 8.06. The fourth-order valence-corrected chi connectivity index (χ4v) is 3.07. The number of pyridine rings is 2. The molecule has 0 N–H and O–H groups in total. The molecule has 0 saturated carbocycles. The van der Waals surface area contributed by atoms with Gasteiger partial charge in [0.1, 0.15) is 17.7 Å². The van der Waals surface area contributed by atoms with Gasteiger partial charge in [0.05, 0.1) is 24.9 Å². The van der Waals surface area contributed by atoms with Crippen LogP contribution in [0.15, 0.2) is 24.5 Å². The smallest absolute Gasteiger partial charge is 0.223 e. The van der Waals surface area contributed by atoms with Crippen molar-refractivity contribution >= 4 is 23.1 Å². The van der Waals surface area contributed by atoms with Crippen molar-refractivity contribution in [2.24, 2.45) is 0 Å². The number of piperidine rings is 1. The van der Waals surface area contributed by atoms with Gasteiger partial charge in [0, 0.05) is 38.2 Å². The van der Waals surface area contributed by atoms with E-state index in [4.69, 9.17) is 27.6 Å². The molecule has 1 aliphatic heterocycles. The highest BCUT2D eigenvalue weighted by Gasteiger charge is 2.23. The van der Waals surface area contributed by atoms with Gasteiger partial charge in [-0.15, -0.1) is 0 Å². The Balaban J connectivity index is 1.62. The Hall–Kier alpha value is -2.52. The number of ether oxygens (including phenoxy) is 2. The fraction of sp³-hybridized carbons (Fsp3) is 0.389. The zero-order valence-corrected chi connectivity index (χ0v) is 15.0. The van der Waals surface area contributed by atoms with Crippen LogP contribution >= 0.6 is 11.6 Å². The maximum absolute atomic E-state index is 7.11. The summed E-state index contributed by atoms with van der Waals surface area (Å²) in [6.07, 6.45) is 5.14. The number of aromatic nitrogens is 2. The third-order valence-corrected chi connectivity index (χ3v) is 4.76. The quantitative estimate of drug-likeness (QED) is 0.772. The molecule has 1 fully saturated rings. The molecule has 0 atom stereocenters. The van der Waals surface area contributed by atoms with Gasteiger partial charge in [-0.3, -0.25) is 4.98 Å². The van der Waals surface area contributed by atoms with Gasteiger partial charge in [-0.25, -0.2) is 9.83 Å². The Morgan fingerprint density at radius 2 is 2.00 bits per heavy atom. The monoisotopic (exact) mass is 358 g/mol. The average Bonchev–Trinajstić information content (AvgIpc) is 2.65. The molecule has 0 unspecified atom stereocenters. The van der Waals surface area contributed by atoms with E-state index in [1.807, 2.05) is 13.0 Å². The summed E-state index contributed by atoms with van der Waals surface area (Å²) >= 11 is 6.26. The number of hydrogen-bond acceptors (Lipinski definition) is 5. The van der Waals surface area contributed by atoms with Crippen LogP contribution in [0.25, 0.3) is 4.85 Å². The first-order valence-corrected chi connectivity index (χ1v) is 8.44. The van der Waals surface area contributed by atoms with Gasteiger partial charge in [0.25, 0.3) is 0 Å². The van der Waals surface area contributed by atoms with Crippen LogP contribution in [0.3, 0.4) is 0 Å². The van der Waals surface area contributed by atoms with E-state index in [-0.39, 0.29) is 6.10 Å². The Morgan fingerprint density at radius 1 is 1.24 bits per heavy atom. The average molecular weight is 359 g/mol. The SMILES string of the molecule is [C-]#[N+]c1cnc(N2CCC(Oc3ccc(OC)nc3)CC2)c(C)c1Cl. The molecule has 0 bridgehead atoms. The van der Waals surface area contributed by atoms with Gasteiger partial charge < -0.3 is 14.4 Å². The third-order valence-electron chi connectivity index (χ3n) is 4.28. The number of anilines is 1. The molecular weight excluding hydrogens is 340 g/mol. The second kappa shape index (κ2) is 7.58. The van der Waals surface area contributed by atoms with Crippen molar-refractivity contribution in [3.8, 4) is 11.6 Å². The van der Waals surface area contributed by atoms with Crippen molar-refractivity contribution in [2.75, 3.05) is 25.1 Å². The van der Waals surface area contributed by atoms with Gasteiger partial charge in [0.15, 0.2) is 0 Å². The van der Waals surface area contributed by atoms with E-state index in [9.17, 15) is 0 Å². The fourth-order valence-electron chi connectivity index (χ4n) is 2.90. The zero-order valence-electron chi connectivity index (χ0n) is 14.2. The summed E-state index contributed by atoms with van der Waals surface area (Å²) in [4.78, 5) is 14.2. The summed E-state index contributed by atoms with van der Waals surface area (Å²) < 4.78 is 11.0. The third kappa shape index (κ3) is 3.77.